The zero-order chi connectivity index (χ0) is 13.5. The van der Waals surface area contributed by atoms with Crippen molar-refractivity contribution in [3.05, 3.63) is 22.3 Å². The van der Waals surface area contributed by atoms with Crippen LogP contribution in [0.25, 0.3) is 0 Å². The first-order chi connectivity index (χ1) is 8.58. The Morgan fingerprint density at radius 3 is 3.00 bits per heavy atom. The number of nitrogens with two attached hydrogens (primary N) is 1. The molecule has 0 aromatic carbocycles. The number of nitrogens with zero attached hydrogens (tertiary/aromatic N) is 1. The van der Waals surface area contributed by atoms with Gasteiger partial charge in [-0.25, -0.2) is 10.8 Å². The summed E-state index contributed by atoms with van der Waals surface area (Å²) < 4.78 is 0.738. The first-order valence-corrected chi connectivity index (χ1v) is 7.54. The van der Waals surface area contributed by atoms with E-state index in [-0.39, 0.29) is 11.9 Å². The molecule has 0 fully saturated rings. The number of halogens is 1. The number of carbonyl (C=O) groups excluding carboxylic acids is 1. The van der Waals surface area contributed by atoms with Gasteiger partial charge in [-0.3, -0.25) is 4.79 Å². The Bertz CT molecular complexity index is 416. The molecule has 4 N–H and O–H groups in total. The average molecular weight is 333 g/mol. The highest BCUT2D eigenvalue weighted by molar-refractivity contribution is 9.10. The average Bonchev–Trinajstić information content (AvgIpc) is 2.36. The Labute approximate surface area is 119 Å². The smallest absolute Gasteiger partial charge is 0.255 e. The molecule has 1 aromatic rings. The minimum Gasteiger partial charge on any atom is -0.349 e. The molecular weight excluding hydrogens is 316 g/mol. The second-order valence-corrected chi connectivity index (χ2v) is 5.96. The molecule has 1 rings (SSSR count). The number of rotatable bonds is 6. The number of carbonyl (C=O) groups is 1. The van der Waals surface area contributed by atoms with Crippen LogP contribution >= 0.6 is 27.7 Å². The molecule has 1 aromatic heterocycles. The number of nitrogens with one attached hydrogen (secondary N) is 2. The van der Waals surface area contributed by atoms with Crippen LogP contribution in [-0.2, 0) is 0 Å². The fourth-order valence-corrected chi connectivity index (χ4v) is 2.37. The lowest BCUT2D eigenvalue weighted by Gasteiger charge is -2.14. The van der Waals surface area contributed by atoms with Crippen molar-refractivity contribution < 1.29 is 4.79 Å². The third-order valence-electron chi connectivity index (χ3n) is 2.19. The molecule has 1 unspecified atom stereocenters. The van der Waals surface area contributed by atoms with Crippen LogP contribution in [0.3, 0.4) is 0 Å². The zero-order valence-corrected chi connectivity index (χ0v) is 12.8. The largest absolute Gasteiger partial charge is 0.349 e. The van der Waals surface area contributed by atoms with E-state index in [2.05, 4.69) is 38.6 Å². The Morgan fingerprint density at radius 1 is 1.67 bits per heavy atom. The maximum Gasteiger partial charge on any atom is 0.255 e. The van der Waals surface area contributed by atoms with Gasteiger partial charge >= 0.3 is 0 Å². The molecule has 0 aliphatic rings. The molecule has 100 valence electrons. The van der Waals surface area contributed by atoms with Crippen LogP contribution < -0.4 is 16.6 Å². The summed E-state index contributed by atoms with van der Waals surface area (Å²) in [6.45, 7) is 4.06. The van der Waals surface area contributed by atoms with E-state index >= 15 is 0 Å². The molecule has 5 nitrogen and oxygen atoms in total. The number of hydrazine groups is 1. The summed E-state index contributed by atoms with van der Waals surface area (Å²) in [5.41, 5.74) is 2.85. The van der Waals surface area contributed by atoms with Crippen LogP contribution in [0.1, 0.15) is 24.2 Å². The van der Waals surface area contributed by atoms with E-state index in [0.717, 1.165) is 16.0 Å². The van der Waals surface area contributed by atoms with Gasteiger partial charge in [-0.05, 0) is 34.7 Å². The zero-order valence-electron chi connectivity index (χ0n) is 10.4. The van der Waals surface area contributed by atoms with Crippen molar-refractivity contribution in [1.82, 2.24) is 10.3 Å². The molecule has 0 saturated heterocycles. The van der Waals surface area contributed by atoms with E-state index in [1.807, 2.05) is 6.92 Å². The number of nitrogen functional groups attached to an aromatic ring is 1. The summed E-state index contributed by atoms with van der Waals surface area (Å²) in [7, 11) is 0. The van der Waals surface area contributed by atoms with Crippen molar-refractivity contribution in [2.24, 2.45) is 5.84 Å². The predicted octanol–water partition coefficient (Wildman–Crippen LogP) is 2.00. The number of hydrogen-bond acceptors (Lipinski definition) is 5. The van der Waals surface area contributed by atoms with Crippen LogP contribution in [0.5, 0.6) is 0 Å². The van der Waals surface area contributed by atoms with Crippen molar-refractivity contribution in [3.63, 3.8) is 0 Å². The maximum atomic E-state index is 12.1. The van der Waals surface area contributed by atoms with E-state index in [9.17, 15) is 4.79 Å². The standard InChI is InChI=1S/C11H17BrN4OS/c1-3-18-6-7(2)15-11(17)9-4-8(12)5-14-10(9)16-13/h4-5,7H,3,6,13H2,1-2H3,(H,14,16)(H,15,17). The van der Waals surface area contributed by atoms with Crippen LogP contribution in [-0.4, -0.2) is 28.4 Å². The summed E-state index contributed by atoms with van der Waals surface area (Å²) in [6.07, 6.45) is 1.59. The van der Waals surface area contributed by atoms with Gasteiger partial charge in [0.15, 0.2) is 5.82 Å². The summed E-state index contributed by atoms with van der Waals surface area (Å²) in [6, 6.07) is 1.80. The van der Waals surface area contributed by atoms with Crippen LogP contribution in [0.15, 0.2) is 16.7 Å². The number of pyridine rings is 1. The highest BCUT2D eigenvalue weighted by atomic mass is 79.9. The normalized spacial score (nSPS) is 12.0. The van der Waals surface area contributed by atoms with Crippen LogP contribution in [0.4, 0.5) is 5.82 Å². The van der Waals surface area contributed by atoms with E-state index in [1.54, 1.807) is 24.0 Å². The molecule has 0 aliphatic carbocycles. The van der Waals surface area contributed by atoms with E-state index in [1.165, 1.54) is 0 Å². The quantitative estimate of drug-likeness (QED) is 0.548. The Balaban J connectivity index is 2.74. The SMILES string of the molecule is CCSCC(C)NC(=O)c1cc(Br)cnc1NN. The van der Waals surface area contributed by atoms with Gasteiger partial charge < -0.3 is 10.7 Å². The summed E-state index contributed by atoms with van der Waals surface area (Å²) in [5.74, 6) is 7.44. The van der Waals surface area contributed by atoms with Gasteiger partial charge in [0.1, 0.15) is 0 Å². The van der Waals surface area contributed by atoms with Gasteiger partial charge in [0.2, 0.25) is 0 Å². The van der Waals surface area contributed by atoms with E-state index in [0.29, 0.717) is 11.4 Å². The molecule has 7 heteroatoms. The third kappa shape index (κ3) is 4.47. The number of anilines is 1. The second kappa shape index (κ2) is 7.60. The van der Waals surface area contributed by atoms with Gasteiger partial charge in [-0.2, -0.15) is 11.8 Å². The second-order valence-electron chi connectivity index (χ2n) is 3.73. The number of aromatic nitrogens is 1. The third-order valence-corrected chi connectivity index (χ3v) is 3.76. The fourth-order valence-electron chi connectivity index (χ4n) is 1.37. The Kier molecular flexibility index (Phi) is 6.45. The predicted molar refractivity (Wildman–Crippen MR) is 79.7 cm³/mol. The van der Waals surface area contributed by atoms with Crippen molar-refractivity contribution in [2.45, 2.75) is 19.9 Å². The lowest BCUT2D eigenvalue weighted by molar-refractivity contribution is 0.0944. The Morgan fingerprint density at radius 2 is 2.39 bits per heavy atom. The molecule has 0 spiro atoms. The van der Waals surface area contributed by atoms with Crippen molar-refractivity contribution in [2.75, 3.05) is 16.9 Å². The molecule has 1 heterocycles. The first-order valence-electron chi connectivity index (χ1n) is 5.59. The van der Waals surface area contributed by atoms with Gasteiger partial charge in [-0.15, -0.1) is 0 Å². The molecule has 0 radical (unpaired) electrons. The minimum absolute atomic E-state index is 0.104. The number of amides is 1. The maximum absolute atomic E-state index is 12.1. The summed E-state index contributed by atoms with van der Waals surface area (Å²) in [5, 5.41) is 2.92. The highest BCUT2D eigenvalue weighted by Crippen LogP contribution is 2.17. The highest BCUT2D eigenvalue weighted by Gasteiger charge is 2.15. The number of hydrogen-bond donors (Lipinski definition) is 3. The number of thioether (sulfide) groups is 1. The Hall–Kier alpha value is -0.790. The lowest BCUT2D eigenvalue weighted by Crippen LogP contribution is -2.35. The van der Waals surface area contributed by atoms with Gasteiger partial charge in [-0.1, -0.05) is 6.92 Å². The van der Waals surface area contributed by atoms with Gasteiger partial charge in [0.05, 0.1) is 5.56 Å². The van der Waals surface area contributed by atoms with Gasteiger partial charge in [0, 0.05) is 22.5 Å². The van der Waals surface area contributed by atoms with E-state index in [4.69, 9.17) is 5.84 Å². The van der Waals surface area contributed by atoms with Crippen LogP contribution in [0, 0.1) is 0 Å². The first kappa shape index (κ1) is 15.3. The fraction of sp³-hybridized carbons (Fsp3) is 0.455. The molecule has 1 atom stereocenters. The summed E-state index contributed by atoms with van der Waals surface area (Å²) in [4.78, 5) is 16.1. The van der Waals surface area contributed by atoms with E-state index < -0.39 is 0 Å². The van der Waals surface area contributed by atoms with Crippen LogP contribution in [0.2, 0.25) is 0 Å². The molecule has 18 heavy (non-hydrogen) atoms. The van der Waals surface area contributed by atoms with Gasteiger partial charge in [0.25, 0.3) is 5.91 Å². The monoisotopic (exact) mass is 332 g/mol. The van der Waals surface area contributed by atoms with Crippen molar-refractivity contribution in [3.8, 4) is 0 Å². The van der Waals surface area contributed by atoms with Crippen molar-refractivity contribution in [1.29, 1.82) is 0 Å². The molecular formula is C11H17BrN4OS. The topological polar surface area (TPSA) is 80.0 Å². The molecule has 0 bridgehead atoms. The molecule has 0 aliphatic heterocycles. The summed E-state index contributed by atoms with van der Waals surface area (Å²) >= 11 is 5.07. The van der Waals surface area contributed by atoms with Crippen molar-refractivity contribution >= 4 is 39.4 Å². The molecule has 0 saturated carbocycles. The lowest BCUT2D eigenvalue weighted by atomic mass is 10.2. The minimum atomic E-state index is -0.180. The molecule has 1 amide bonds.